The fourth-order valence-electron chi connectivity index (χ4n) is 2.06. The first-order valence-electron chi connectivity index (χ1n) is 6.28. The van der Waals surface area contributed by atoms with Gasteiger partial charge in [0.1, 0.15) is 6.29 Å². The van der Waals surface area contributed by atoms with Crippen molar-refractivity contribution in [2.24, 2.45) is 5.41 Å². The summed E-state index contributed by atoms with van der Waals surface area (Å²) < 4.78 is 0. The molecule has 1 atom stereocenters. The van der Waals surface area contributed by atoms with E-state index in [0.29, 0.717) is 6.04 Å². The van der Waals surface area contributed by atoms with Crippen molar-refractivity contribution in [3.8, 4) is 0 Å². The molecule has 0 aliphatic rings. The van der Waals surface area contributed by atoms with Crippen LogP contribution >= 0.6 is 11.3 Å². The molecule has 0 bridgehead atoms. The molecule has 2 nitrogen and oxygen atoms in total. The molecule has 1 heterocycles. The highest BCUT2D eigenvalue weighted by molar-refractivity contribution is 7.10. The van der Waals surface area contributed by atoms with Gasteiger partial charge in [0, 0.05) is 22.9 Å². The minimum Gasteiger partial charge on any atom is -0.303 e. The van der Waals surface area contributed by atoms with Crippen LogP contribution in [0.4, 0.5) is 0 Å². The third-order valence-electron chi connectivity index (χ3n) is 3.84. The van der Waals surface area contributed by atoms with Gasteiger partial charge in [-0.3, -0.25) is 4.90 Å². The minimum absolute atomic E-state index is 0.180. The summed E-state index contributed by atoms with van der Waals surface area (Å²) >= 11 is 1.78. The number of hydrogen-bond acceptors (Lipinski definition) is 3. The number of thiophene rings is 1. The maximum Gasteiger partial charge on any atom is 0.127 e. The van der Waals surface area contributed by atoms with Gasteiger partial charge in [0.05, 0.1) is 0 Å². The molecule has 3 heteroatoms. The Morgan fingerprint density at radius 1 is 1.47 bits per heavy atom. The van der Waals surface area contributed by atoms with Crippen LogP contribution in [-0.2, 0) is 4.79 Å². The van der Waals surface area contributed by atoms with Gasteiger partial charge in [0.2, 0.25) is 0 Å². The number of carbonyl (C=O) groups excluding carboxylic acids is 1. The number of hydrogen-bond donors (Lipinski definition) is 0. The van der Waals surface area contributed by atoms with Crippen molar-refractivity contribution in [1.82, 2.24) is 4.90 Å². The third-order valence-corrected chi connectivity index (χ3v) is 4.88. The van der Waals surface area contributed by atoms with Crippen LogP contribution in [0.5, 0.6) is 0 Å². The second-order valence-corrected chi connectivity index (χ2v) is 5.77. The molecule has 1 rings (SSSR count). The summed E-state index contributed by atoms with van der Waals surface area (Å²) in [6, 6.07) is 4.62. The van der Waals surface area contributed by atoms with Crippen molar-refractivity contribution >= 4 is 17.6 Å². The Morgan fingerprint density at radius 3 is 2.53 bits per heavy atom. The summed E-state index contributed by atoms with van der Waals surface area (Å²) in [5.41, 5.74) is -0.180. The zero-order valence-electron chi connectivity index (χ0n) is 11.3. The fourth-order valence-corrected chi connectivity index (χ4v) is 2.91. The van der Waals surface area contributed by atoms with Crippen molar-refractivity contribution in [2.75, 3.05) is 13.6 Å². The Labute approximate surface area is 109 Å². The second kappa shape index (κ2) is 6.31. The van der Waals surface area contributed by atoms with Crippen LogP contribution in [0.1, 0.15) is 44.5 Å². The van der Waals surface area contributed by atoms with Crippen LogP contribution in [0.2, 0.25) is 0 Å². The van der Waals surface area contributed by atoms with E-state index in [0.717, 1.165) is 25.7 Å². The lowest BCUT2D eigenvalue weighted by Gasteiger charge is -2.33. The molecule has 0 aliphatic carbocycles. The van der Waals surface area contributed by atoms with E-state index in [1.54, 1.807) is 11.3 Å². The van der Waals surface area contributed by atoms with E-state index < -0.39 is 0 Å². The maximum atomic E-state index is 11.3. The van der Waals surface area contributed by atoms with Crippen LogP contribution in [-0.4, -0.2) is 24.8 Å². The topological polar surface area (TPSA) is 20.3 Å². The smallest absolute Gasteiger partial charge is 0.127 e. The zero-order valence-corrected chi connectivity index (χ0v) is 12.1. The van der Waals surface area contributed by atoms with Gasteiger partial charge in [-0.2, -0.15) is 0 Å². The zero-order chi connectivity index (χ0) is 12.9. The Kier molecular flexibility index (Phi) is 5.34. The van der Waals surface area contributed by atoms with Crippen molar-refractivity contribution in [1.29, 1.82) is 0 Å². The van der Waals surface area contributed by atoms with Gasteiger partial charge in [-0.05, 0) is 38.3 Å². The average molecular weight is 253 g/mol. The van der Waals surface area contributed by atoms with Crippen LogP contribution in [0.15, 0.2) is 17.5 Å². The average Bonchev–Trinajstić information content (AvgIpc) is 2.88. The Bertz CT molecular complexity index is 330. The predicted octanol–water partition coefficient (Wildman–Crippen LogP) is 3.75. The van der Waals surface area contributed by atoms with Crippen molar-refractivity contribution in [2.45, 2.75) is 39.7 Å². The minimum atomic E-state index is -0.180. The monoisotopic (exact) mass is 253 g/mol. The highest BCUT2D eigenvalue weighted by Crippen LogP contribution is 2.30. The third kappa shape index (κ3) is 3.39. The lowest BCUT2D eigenvalue weighted by atomic mass is 9.83. The molecule has 17 heavy (non-hydrogen) atoms. The molecule has 0 spiro atoms. The van der Waals surface area contributed by atoms with E-state index in [4.69, 9.17) is 0 Å². The SMILES string of the molecule is CCC(C=O)(CC)CN(C)C(C)c1cccs1. The quantitative estimate of drug-likeness (QED) is 0.690. The Morgan fingerprint density at radius 2 is 2.12 bits per heavy atom. The number of carbonyl (C=O) groups is 1. The van der Waals surface area contributed by atoms with Gasteiger partial charge in [0.15, 0.2) is 0 Å². The van der Waals surface area contributed by atoms with Gasteiger partial charge >= 0.3 is 0 Å². The van der Waals surface area contributed by atoms with Gasteiger partial charge < -0.3 is 4.79 Å². The van der Waals surface area contributed by atoms with Crippen LogP contribution in [0.25, 0.3) is 0 Å². The van der Waals surface area contributed by atoms with E-state index in [2.05, 4.69) is 50.2 Å². The first kappa shape index (κ1) is 14.4. The second-order valence-electron chi connectivity index (χ2n) is 4.79. The highest BCUT2D eigenvalue weighted by Gasteiger charge is 2.29. The van der Waals surface area contributed by atoms with Crippen LogP contribution < -0.4 is 0 Å². The first-order chi connectivity index (χ1) is 8.08. The lowest BCUT2D eigenvalue weighted by Crippen LogP contribution is -2.37. The van der Waals surface area contributed by atoms with E-state index in [1.165, 1.54) is 4.88 Å². The van der Waals surface area contributed by atoms with Crippen molar-refractivity contribution in [3.05, 3.63) is 22.4 Å². The van der Waals surface area contributed by atoms with Gasteiger partial charge in [-0.25, -0.2) is 0 Å². The van der Waals surface area contributed by atoms with Crippen LogP contribution in [0.3, 0.4) is 0 Å². The summed E-state index contributed by atoms with van der Waals surface area (Å²) in [5.74, 6) is 0. The molecular formula is C14H23NOS. The number of rotatable bonds is 7. The summed E-state index contributed by atoms with van der Waals surface area (Å²) in [4.78, 5) is 15.0. The van der Waals surface area contributed by atoms with Gasteiger partial charge in [-0.1, -0.05) is 19.9 Å². The molecular weight excluding hydrogens is 230 g/mol. The molecule has 0 aromatic carbocycles. The molecule has 0 saturated heterocycles. The molecule has 1 unspecified atom stereocenters. The number of aldehydes is 1. The summed E-state index contributed by atoms with van der Waals surface area (Å²) in [6.07, 6.45) is 2.97. The summed E-state index contributed by atoms with van der Waals surface area (Å²) in [5, 5.41) is 2.10. The van der Waals surface area contributed by atoms with Crippen molar-refractivity contribution < 1.29 is 4.79 Å². The Balaban J connectivity index is 2.70. The van der Waals surface area contributed by atoms with E-state index in [1.807, 2.05) is 0 Å². The van der Waals surface area contributed by atoms with E-state index >= 15 is 0 Å². The molecule has 0 aliphatic heterocycles. The molecule has 0 N–H and O–H groups in total. The standard InChI is InChI=1S/C14H23NOS/c1-5-14(6-2,11-16)10-15(4)12(3)13-8-7-9-17-13/h7-9,11-12H,5-6,10H2,1-4H3. The largest absolute Gasteiger partial charge is 0.303 e. The fraction of sp³-hybridized carbons (Fsp3) is 0.643. The van der Waals surface area contributed by atoms with Gasteiger partial charge in [-0.15, -0.1) is 11.3 Å². The summed E-state index contributed by atoms with van der Waals surface area (Å²) in [7, 11) is 2.11. The molecule has 0 saturated carbocycles. The van der Waals surface area contributed by atoms with Crippen LogP contribution in [0, 0.1) is 5.41 Å². The molecule has 0 radical (unpaired) electrons. The number of nitrogens with zero attached hydrogens (tertiary/aromatic N) is 1. The predicted molar refractivity (Wildman–Crippen MR) is 74.4 cm³/mol. The molecule has 0 amide bonds. The van der Waals surface area contributed by atoms with Gasteiger partial charge in [0.25, 0.3) is 0 Å². The van der Waals surface area contributed by atoms with E-state index in [9.17, 15) is 4.79 Å². The normalized spacial score (nSPS) is 13.9. The molecule has 96 valence electrons. The Hall–Kier alpha value is -0.670. The highest BCUT2D eigenvalue weighted by atomic mass is 32.1. The van der Waals surface area contributed by atoms with E-state index in [-0.39, 0.29) is 5.41 Å². The van der Waals surface area contributed by atoms with Crippen molar-refractivity contribution in [3.63, 3.8) is 0 Å². The first-order valence-corrected chi connectivity index (χ1v) is 7.16. The summed E-state index contributed by atoms with van der Waals surface area (Å²) in [6.45, 7) is 7.23. The molecule has 1 aromatic heterocycles. The lowest BCUT2D eigenvalue weighted by molar-refractivity contribution is -0.117. The maximum absolute atomic E-state index is 11.3. The molecule has 0 fully saturated rings. The molecule has 1 aromatic rings.